The van der Waals surface area contributed by atoms with Gasteiger partial charge in [0.2, 0.25) is 0 Å². The molecule has 0 amide bonds. The number of ketones is 2. The Balaban J connectivity index is 3.04. The van der Waals surface area contributed by atoms with Crippen molar-refractivity contribution in [1.82, 2.24) is 0 Å². The average Bonchev–Trinajstić information content (AvgIpc) is 2.47. The van der Waals surface area contributed by atoms with Crippen LogP contribution in [0.4, 0.5) is 0 Å². The number of hydrogen-bond acceptors (Lipinski definition) is 4. The van der Waals surface area contributed by atoms with Crippen LogP contribution in [-0.4, -0.2) is 24.6 Å². The molecule has 0 aromatic heterocycles. The summed E-state index contributed by atoms with van der Waals surface area (Å²) in [5.41, 5.74) is -0.488. The first-order valence-electron chi connectivity index (χ1n) is 5.98. The van der Waals surface area contributed by atoms with E-state index in [1.807, 2.05) is 20.8 Å². The molecule has 2 atom stereocenters. The fourth-order valence-corrected chi connectivity index (χ4v) is 2.66. The third kappa shape index (κ3) is 2.56. The van der Waals surface area contributed by atoms with E-state index in [9.17, 15) is 14.4 Å². The van der Waals surface area contributed by atoms with Crippen LogP contribution in [-0.2, 0) is 19.1 Å². The van der Waals surface area contributed by atoms with Crippen molar-refractivity contribution in [2.45, 2.75) is 40.0 Å². The summed E-state index contributed by atoms with van der Waals surface area (Å²) >= 11 is 0. The number of Topliss-reactive ketones (excluding diaryl/α,β-unsaturated/α-hetero) is 2. The van der Waals surface area contributed by atoms with E-state index < -0.39 is 23.2 Å². The van der Waals surface area contributed by atoms with Gasteiger partial charge in [0.15, 0.2) is 0 Å². The molecule has 4 nitrogen and oxygen atoms in total. The molecule has 17 heavy (non-hydrogen) atoms. The number of ether oxygens (including phenoxy) is 1. The highest BCUT2D eigenvalue weighted by atomic mass is 16.5. The van der Waals surface area contributed by atoms with Crippen molar-refractivity contribution in [2.24, 2.45) is 17.3 Å². The summed E-state index contributed by atoms with van der Waals surface area (Å²) in [6, 6.07) is 0. The molecule has 0 spiro atoms. The van der Waals surface area contributed by atoms with Crippen LogP contribution in [0.25, 0.3) is 0 Å². The van der Waals surface area contributed by atoms with E-state index >= 15 is 0 Å². The molecular formula is C13H20O4. The van der Waals surface area contributed by atoms with E-state index in [1.165, 1.54) is 7.11 Å². The first-order valence-corrected chi connectivity index (χ1v) is 5.98. The Morgan fingerprint density at radius 2 is 2.00 bits per heavy atom. The summed E-state index contributed by atoms with van der Waals surface area (Å²) in [7, 11) is 1.29. The molecular weight excluding hydrogens is 220 g/mol. The van der Waals surface area contributed by atoms with Gasteiger partial charge in [-0.25, -0.2) is 0 Å². The Morgan fingerprint density at radius 1 is 1.41 bits per heavy atom. The smallest absolute Gasteiger partial charge is 0.310 e. The van der Waals surface area contributed by atoms with Gasteiger partial charge in [0.05, 0.1) is 18.9 Å². The molecule has 1 rings (SSSR count). The first kappa shape index (κ1) is 13.9. The predicted molar refractivity (Wildman–Crippen MR) is 62.3 cm³/mol. The normalized spacial score (nSPS) is 26.9. The standard InChI is InChI=1S/C13H20O4/c1-5-6-8(14)10-9(15)7-13(2,3)11(10)12(16)17-4/h10-11H,5-7H2,1-4H3. The van der Waals surface area contributed by atoms with Gasteiger partial charge in [0.25, 0.3) is 0 Å². The molecule has 0 aromatic carbocycles. The summed E-state index contributed by atoms with van der Waals surface area (Å²) in [4.78, 5) is 35.6. The lowest BCUT2D eigenvalue weighted by atomic mass is 9.77. The van der Waals surface area contributed by atoms with Crippen molar-refractivity contribution in [3.8, 4) is 0 Å². The second-order valence-corrected chi connectivity index (χ2v) is 5.33. The molecule has 1 aliphatic carbocycles. The molecule has 0 radical (unpaired) electrons. The minimum atomic E-state index is -0.794. The number of hydrogen-bond donors (Lipinski definition) is 0. The maximum absolute atomic E-state index is 11.9. The van der Waals surface area contributed by atoms with Gasteiger partial charge in [-0.05, 0) is 11.8 Å². The van der Waals surface area contributed by atoms with E-state index in [4.69, 9.17) is 4.74 Å². The van der Waals surface area contributed by atoms with Crippen molar-refractivity contribution in [1.29, 1.82) is 0 Å². The van der Waals surface area contributed by atoms with Crippen molar-refractivity contribution >= 4 is 17.5 Å². The third-order valence-corrected chi connectivity index (χ3v) is 3.45. The number of carbonyl (C=O) groups excluding carboxylic acids is 3. The highest BCUT2D eigenvalue weighted by Gasteiger charge is 2.54. The molecule has 4 heteroatoms. The van der Waals surface area contributed by atoms with Crippen molar-refractivity contribution in [3.63, 3.8) is 0 Å². The average molecular weight is 240 g/mol. The van der Waals surface area contributed by atoms with Crippen LogP contribution >= 0.6 is 0 Å². The highest BCUT2D eigenvalue weighted by Crippen LogP contribution is 2.45. The third-order valence-electron chi connectivity index (χ3n) is 3.45. The fourth-order valence-electron chi connectivity index (χ4n) is 2.66. The first-order chi connectivity index (χ1) is 7.85. The van der Waals surface area contributed by atoms with Crippen LogP contribution in [0, 0.1) is 17.3 Å². The molecule has 0 heterocycles. The van der Waals surface area contributed by atoms with E-state index in [0.717, 1.165) is 0 Å². The van der Waals surface area contributed by atoms with Gasteiger partial charge in [-0.2, -0.15) is 0 Å². The molecule has 1 saturated carbocycles. The largest absolute Gasteiger partial charge is 0.469 e. The van der Waals surface area contributed by atoms with Gasteiger partial charge >= 0.3 is 5.97 Å². The molecule has 0 saturated heterocycles. The van der Waals surface area contributed by atoms with E-state index in [-0.39, 0.29) is 18.0 Å². The zero-order chi connectivity index (χ0) is 13.2. The Morgan fingerprint density at radius 3 is 2.47 bits per heavy atom. The Labute approximate surface area is 102 Å². The summed E-state index contributed by atoms with van der Waals surface area (Å²) in [6.45, 7) is 5.56. The zero-order valence-corrected chi connectivity index (χ0v) is 10.9. The number of carbonyl (C=O) groups is 3. The monoisotopic (exact) mass is 240 g/mol. The highest BCUT2D eigenvalue weighted by molar-refractivity contribution is 6.08. The molecule has 2 unspecified atom stereocenters. The Kier molecular flexibility index (Phi) is 4.07. The number of methoxy groups -OCH3 is 1. The molecule has 1 aliphatic rings. The van der Waals surface area contributed by atoms with Crippen molar-refractivity contribution < 1.29 is 19.1 Å². The van der Waals surface area contributed by atoms with Crippen LogP contribution in [0.15, 0.2) is 0 Å². The fraction of sp³-hybridized carbons (Fsp3) is 0.769. The SMILES string of the molecule is CCCC(=O)C1C(=O)CC(C)(C)C1C(=O)OC. The van der Waals surface area contributed by atoms with Crippen LogP contribution < -0.4 is 0 Å². The molecule has 0 N–H and O–H groups in total. The van der Waals surface area contributed by atoms with Gasteiger partial charge < -0.3 is 4.74 Å². The van der Waals surface area contributed by atoms with E-state index in [1.54, 1.807) is 0 Å². The van der Waals surface area contributed by atoms with Crippen LogP contribution in [0.3, 0.4) is 0 Å². The second-order valence-electron chi connectivity index (χ2n) is 5.33. The maximum Gasteiger partial charge on any atom is 0.310 e. The van der Waals surface area contributed by atoms with Gasteiger partial charge in [-0.3, -0.25) is 14.4 Å². The maximum atomic E-state index is 11.9. The molecule has 0 aliphatic heterocycles. The second kappa shape index (κ2) is 4.98. The molecule has 0 aromatic rings. The van der Waals surface area contributed by atoms with Gasteiger partial charge in [-0.1, -0.05) is 20.8 Å². The van der Waals surface area contributed by atoms with Crippen molar-refractivity contribution in [2.75, 3.05) is 7.11 Å². The lowest BCUT2D eigenvalue weighted by Gasteiger charge is -2.26. The molecule has 96 valence electrons. The summed E-state index contributed by atoms with van der Waals surface area (Å²) in [5, 5.41) is 0. The van der Waals surface area contributed by atoms with Crippen molar-refractivity contribution in [3.05, 3.63) is 0 Å². The molecule has 0 bridgehead atoms. The predicted octanol–water partition coefficient (Wildman–Crippen LogP) is 1.76. The van der Waals surface area contributed by atoms with Gasteiger partial charge in [0.1, 0.15) is 11.6 Å². The zero-order valence-electron chi connectivity index (χ0n) is 10.9. The minimum absolute atomic E-state index is 0.121. The number of rotatable bonds is 4. The summed E-state index contributed by atoms with van der Waals surface area (Å²) in [6.07, 6.45) is 1.31. The topological polar surface area (TPSA) is 60.4 Å². The van der Waals surface area contributed by atoms with Gasteiger partial charge in [0, 0.05) is 12.8 Å². The summed E-state index contributed by atoms with van der Waals surface area (Å²) < 4.78 is 4.73. The number of esters is 1. The van der Waals surface area contributed by atoms with E-state index in [2.05, 4.69) is 0 Å². The molecule has 1 fully saturated rings. The van der Waals surface area contributed by atoms with Crippen LogP contribution in [0.2, 0.25) is 0 Å². The lowest BCUT2D eigenvalue weighted by Crippen LogP contribution is -2.35. The quantitative estimate of drug-likeness (QED) is 0.555. The lowest BCUT2D eigenvalue weighted by molar-refractivity contribution is -0.153. The Bertz CT molecular complexity index is 343. The van der Waals surface area contributed by atoms with Gasteiger partial charge in [-0.15, -0.1) is 0 Å². The van der Waals surface area contributed by atoms with Crippen LogP contribution in [0.1, 0.15) is 40.0 Å². The van der Waals surface area contributed by atoms with E-state index in [0.29, 0.717) is 12.8 Å². The van der Waals surface area contributed by atoms with Crippen LogP contribution in [0.5, 0.6) is 0 Å². The Hall–Kier alpha value is -1.19. The summed E-state index contributed by atoms with van der Waals surface area (Å²) in [5.74, 6) is -2.12. The minimum Gasteiger partial charge on any atom is -0.469 e.